The van der Waals surface area contributed by atoms with E-state index in [1.54, 1.807) is 0 Å². The van der Waals surface area contributed by atoms with Gasteiger partial charge in [0.2, 0.25) is 0 Å². The zero-order valence-corrected chi connectivity index (χ0v) is 10.2. The molecule has 78 valence electrons. The summed E-state index contributed by atoms with van der Waals surface area (Å²) in [5.74, 6) is 3.51. The molecule has 0 bridgehead atoms. The van der Waals surface area contributed by atoms with E-state index in [0.29, 0.717) is 5.41 Å². The van der Waals surface area contributed by atoms with Gasteiger partial charge >= 0.3 is 0 Å². The molecule has 0 aromatic rings. The fourth-order valence-electron chi connectivity index (χ4n) is 2.99. The maximum absolute atomic E-state index is 2.48. The van der Waals surface area contributed by atoms with Crippen LogP contribution in [-0.2, 0) is 0 Å². The Morgan fingerprint density at radius 1 is 0.846 bits per heavy atom. The maximum atomic E-state index is 2.48. The fourth-order valence-corrected chi connectivity index (χ4v) is 2.99. The molecule has 0 N–H and O–H groups in total. The van der Waals surface area contributed by atoms with Gasteiger partial charge in [-0.3, -0.25) is 0 Å². The normalized spacial score (nSPS) is 24.9. The zero-order chi connectivity index (χ0) is 10.2. The van der Waals surface area contributed by atoms with Crippen LogP contribution in [0.2, 0.25) is 0 Å². The Bertz CT molecular complexity index is 163. The molecule has 0 radical (unpaired) electrons. The molecule has 2 atom stereocenters. The minimum absolute atomic E-state index is 0.692. The van der Waals surface area contributed by atoms with Crippen LogP contribution < -0.4 is 0 Å². The van der Waals surface area contributed by atoms with Crippen molar-refractivity contribution < 1.29 is 0 Å². The lowest BCUT2D eigenvalue weighted by molar-refractivity contribution is 0.133. The lowest BCUT2D eigenvalue weighted by Crippen LogP contribution is -2.29. The third kappa shape index (κ3) is 2.27. The molecule has 0 aliphatic heterocycles. The molecule has 0 nitrogen and oxygen atoms in total. The Hall–Kier alpha value is 0. The highest BCUT2D eigenvalue weighted by Gasteiger charge is 2.48. The SMILES string of the molecule is CC(C)C(C)C(C(C)C)C1(C)CC1. The summed E-state index contributed by atoms with van der Waals surface area (Å²) in [5, 5.41) is 0. The Balaban J connectivity index is 2.68. The van der Waals surface area contributed by atoms with Gasteiger partial charge in [-0.2, -0.15) is 0 Å². The molecule has 1 rings (SSSR count). The lowest BCUT2D eigenvalue weighted by Gasteiger charge is -2.35. The zero-order valence-electron chi connectivity index (χ0n) is 10.2. The molecular formula is C13H26. The van der Waals surface area contributed by atoms with E-state index in [0.717, 1.165) is 23.7 Å². The van der Waals surface area contributed by atoms with Gasteiger partial charge in [-0.15, -0.1) is 0 Å². The Labute approximate surface area is 84.1 Å². The first-order chi connectivity index (χ1) is 5.88. The predicted molar refractivity (Wildman–Crippen MR) is 59.7 cm³/mol. The van der Waals surface area contributed by atoms with Gasteiger partial charge in [0.1, 0.15) is 0 Å². The van der Waals surface area contributed by atoms with Crippen molar-refractivity contribution in [1.82, 2.24) is 0 Å². The van der Waals surface area contributed by atoms with Gasteiger partial charge in [-0.1, -0.05) is 41.5 Å². The molecular weight excluding hydrogens is 156 g/mol. The van der Waals surface area contributed by atoms with Crippen LogP contribution in [-0.4, -0.2) is 0 Å². The highest BCUT2D eigenvalue weighted by Crippen LogP contribution is 2.57. The van der Waals surface area contributed by atoms with Crippen molar-refractivity contribution >= 4 is 0 Å². The van der Waals surface area contributed by atoms with Gasteiger partial charge in [0.05, 0.1) is 0 Å². The summed E-state index contributed by atoms with van der Waals surface area (Å²) in [6.07, 6.45) is 2.93. The molecule has 1 aliphatic rings. The van der Waals surface area contributed by atoms with Crippen LogP contribution in [0.3, 0.4) is 0 Å². The summed E-state index contributed by atoms with van der Waals surface area (Å²) in [5.41, 5.74) is 0.692. The van der Waals surface area contributed by atoms with Crippen LogP contribution in [0, 0.1) is 29.1 Å². The molecule has 1 aliphatic carbocycles. The molecule has 0 heterocycles. The van der Waals surface area contributed by atoms with Crippen molar-refractivity contribution in [3.05, 3.63) is 0 Å². The molecule has 0 spiro atoms. The molecule has 0 aromatic carbocycles. The Kier molecular flexibility index (Phi) is 3.09. The fraction of sp³-hybridized carbons (Fsp3) is 1.00. The van der Waals surface area contributed by atoms with E-state index in [9.17, 15) is 0 Å². The maximum Gasteiger partial charge on any atom is -0.0292 e. The molecule has 0 aromatic heterocycles. The van der Waals surface area contributed by atoms with Crippen LogP contribution in [0.25, 0.3) is 0 Å². The molecule has 2 unspecified atom stereocenters. The van der Waals surface area contributed by atoms with Crippen molar-refractivity contribution in [2.24, 2.45) is 29.1 Å². The first kappa shape index (κ1) is 11.1. The van der Waals surface area contributed by atoms with Crippen LogP contribution in [0.4, 0.5) is 0 Å². The predicted octanol–water partition coefficient (Wildman–Crippen LogP) is 4.35. The second kappa shape index (κ2) is 3.63. The molecule has 0 saturated heterocycles. The van der Waals surface area contributed by atoms with Crippen LogP contribution in [0.5, 0.6) is 0 Å². The van der Waals surface area contributed by atoms with Gasteiger partial charge < -0.3 is 0 Å². The second-order valence-corrected chi connectivity index (χ2v) is 6.03. The average molecular weight is 182 g/mol. The summed E-state index contributed by atoms with van der Waals surface area (Å²) in [6.45, 7) is 14.5. The van der Waals surface area contributed by atoms with E-state index in [2.05, 4.69) is 41.5 Å². The summed E-state index contributed by atoms with van der Waals surface area (Å²) in [7, 11) is 0. The highest BCUT2D eigenvalue weighted by atomic mass is 14.5. The Morgan fingerprint density at radius 2 is 1.31 bits per heavy atom. The van der Waals surface area contributed by atoms with Gasteiger partial charge in [0, 0.05) is 0 Å². The minimum atomic E-state index is 0.692. The number of hydrogen-bond acceptors (Lipinski definition) is 0. The van der Waals surface area contributed by atoms with E-state index in [1.807, 2.05) is 0 Å². The van der Waals surface area contributed by atoms with Crippen molar-refractivity contribution in [2.45, 2.75) is 54.4 Å². The van der Waals surface area contributed by atoms with E-state index >= 15 is 0 Å². The molecule has 1 fully saturated rings. The van der Waals surface area contributed by atoms with Crippen LogP contribution in [0.1, 0.15) is 54.4 Å². The first-order valence-electron chi connectivity index (χ1n) is 5.88. The summed E-state index contributed by atoms with van der Waals surface area (Å²) in [4.78, 5) is 0. The van der Waals surface area contributed by atoms with Gasteiger partial charge in [0.15, 0.2) is 0 Å². The van der Waals surface area contributed by atoms with E-state index in [-0.39, 0.29) is 0 Å². The Morgan fingerprint density at radius 3 is 1.54 bits per heavy atom. The topological polar surface area (TPSA) is 0 Å². The highest BCUT2D eigenvalue weighted by molar-refractivity contribution is 4.97. The van der Waals surface area contributed by atoms with Crippen molar-refractivity contribution in [1.29, 1.82) is 0 Å². The van der Waals surface area contributed by atoms with Gasteiger partial charge in [-0.05, 0) is 41.9 Å². The van der Waals surface area contributed by atoms with E-state index < -0.39 is 0 Å². The second-order valence-electron chi connectivity index (χ2n) is 6.03. The molecule has 13 heavy (non-hydrogen) atoms. The van der Waals surface area contributed by atoms with E-state index in [1.165, 1.54) is 12.8 Å². The average Bonchev–Trinajstić information content (AvgIpc) is 2.67. The first-order valence-corrected chi connectivity index (χ1v) is 5.88. The quantitative estimate of drug-likeness (QED) is 0.606. The molecule has 0 heteroatoms. The monoisotopic (exact) mass is 182 g/mol. The minimum Gasteiger partial charge on any atom is -0.0625 e. The van der Waals surface area contributed by atoms with Crippen molar-refractivity contribution in [2.75, 3.05) is 0 Å². The van der Waals surface area contributed by atoms with Gasteiger partial charge in [-0.25, -0.2) is 0 Å². The largest absolute Gasteiger partial charge is 0.0625 e. The van der Waals surface area contributed by atoms with Crippen molar-refractivity contribution in [3.63, 3.8) is 0 Å². The summed E-state index contributed by atoms with van der Waals surface area (Å²) < 4.78 is 0. The smallest absolute Gasteiger partial charge is 0.0292 e. The number of rotatable bonds is 4. The van der Waals surface area contributed by atoms with Crippen molar-refractivity contribution in [3.8, 4) is 0 Å². The third-order valence-corrected chi connectivity index (χ3v) is 4.18. The van der Waals surface area contributed by atoms with Crippen LogP contribution >= 0.6 is 0 Å². The van der Waals surface area contributed by atoms with E-state index in [4.69, 9.17) is 0 Å². The third-order valence-electron chi connectivity index (χ3n) is 4.18. The van der Waals surface area contributed by atoms with Gasteiger partial charge in [0.25, 0.3) is 0 Å². The summed E-state index contributed by atoms with van der Waals surface area (Å²) >= 11 is 0. The molecule has 0 amide bonds. The van der Waals surface area contributed by atoms with Crippen LogP contribution in [0.15, 0.2) is 0 Å². The molecule has 1 saturated carbocycles. The lowest BCUT2D eigenvalue weighted by atomic mass is 9.70. The standard InChI is InChI=1S/C13H26/c1-9(2)11(5)12(10(3)4)13(6)7-8-13/h9-12H,7-8H2,1-6H3. The summed E-state index contributed by atoms with van der Waals surface area (Å²) in [6, 6.07) is 0. The number of hydrogen-bond donors (Lipinski definition) is 0.